The van der Waals surface area contributed by atoms with Crippen LogP contribution in [0.3, 0.4) is 0 Å². The van der Waals surface area contributed by atoms with Gasteiger partial charge in [0, 0.05) is 6.54 Å². The number of rotatable bonds is 3. The molecule has 0 saturated carbocycles. The molecule has 0 radical (unpaired) electrons. The summed E-state index contributed by atoms with van der Waals surface area (Å²) in [5, 5.41) is 3.64. The van der Waals surface area contributed by atoms with Crippen LogP contribution in [0.15, 0.2) is 18.2 Å². The number of imidazole rings is 1. The Morgan fingerprint density at radius 1 is 1.42 bits per heavy atom. The van der Waals surface area contributed by atoms with E-state index in [1.165, 1.54) is 29.7 Å². The highest BCUT2D eigenvalue weighted by Crippen LogP contribution is 2.32. The second-order valence-electron chi connectivity index (χ2n) is 5.94. The van der Waals surface area contributed by atoms with E-state index in [-0.39, 0.29) is 5.54 Å². The lowest BCUT2D eigenvalue weighted by molar-refractivity contribution is 0.388. The van der Waals surface area contributed by atoms with E-state index in [0.29, 0.717) is 0 Å². The SMILES string of the molecule is CCCn1c(C2(C)CCCN2)nc2cc(C)ccc21. The van der Waals surface area contributed by atoms with Gasteiger partial charge in [-0.1, -0.05) is 13.0 Å². The summed E-state index contributed by atoms with van der Waals surface area (Å²) in [6, 6.07) is 6.60. The van der Waals surface area contributed by atoms with Crippen molar-refractivity contribution < 1.29 is 0 Å². The van der Waals surface area contributed by atoms with Gasteiger partial charge in [0.15, 0.2) is 0 Å². The van der Waals surface area contributed by atoms with Gasteiger partial charge in [-0.3, -0.25) is 0 Å². The first-order chi connectivity index (χ1) is 9.14. The van der Waals surface area contributed by atoms with E-state index in [1.807, 2.05) is 0 Å². The topological polar surface area (TPSA) is 29.9 Å². The van der Waals surface area contributed by atoms with Crippen LogP contribution >= 0.6 is 0 Å². The summed E-state index contributed by atoms with van der Waals surface area (Å²) in [4.78, 5) is 4.95. The number of aromatic nitrogens is 2. The Balaban J connectivity index is 2.19. The maximum Gasteiger partial charge on any atom is 0.129 e. The standard InChI is InChI=1S/C16H23N3/c1-4-10-19-14-7-6-12(2)11-13(14)18-15(19)16(3)8-5-9-17-16/h6-7,11,17H,4-5,8-10H2,1-3H3. The summed E-state index contributed by atoms with van der Waals surface area (Å²) in [6.07, 6.45) is 3.56. The Morgan fingerprint density at radius 2 is 2.26 bits per heavy atom. The molecule has 2 aromatic rings. The molecular weight excluding hydrogens is 234 g/mol. The quantitative estimate of drug-likeness (QED) is 0.913. The zero-order valence-corrected chi connectivity index (χ0v) is 12.2. The largest absolute Gasteiger partial charge is 0.326 e. The number of fused-ring (bicyclic) bond motifs is 1. The van der Waals surface area contributed by atoms with Crippen LogP contribution in [0, 0.1) is 6.92 Å². The fraction of sp³-hybridized carbons (Fsp3) is 0.562. The Hall–Kier alpha value is -1.35. The van der Waals surface area contributed by atoms with Gasteiger partial charge in [-0.25, -0.2) is 4.98 Å². The number of nitrogens with zero attached hydrogens (tertiary/aromatic N) is 2. The first-order valence-corrected chi connectivity index (χ1v) is 7.36. The van der Waals surface area contributed by atoms with Crippen LogP contribution in [-0.4, -0.2) is 16.1 Å². The molecule has 1 unspecified atom stereocenters. The molecule has 1 aromatic heterocycles. The molecule has 3 nitrogen and oxygen atoms in total. The molecular formula is C16H23N3. The third-order valence-corrected chi connectivity index (χ3v) is 4.21. The Bertz CT molecular complexity index is 591. The first kappa shape index (κ1) is 12.7. The van der Waals surface area contributed by atoms with E-state index in [4.69, 9.17) is 4.98 Å². The van der Waals surface area contributed by atoms with Gasteiger partial charge >= 0.3 is 0 Å². The van der Waals surface area contributed by atoms with Crippen LogP contribution in [0.25, 0.3) is 11.0 Å². The summed E-state index contributed by atoms with van der Waals surface area (Å²) in [5.41, 5.74) is 3.74. The van der Waals surface area contributed by atoms with Crippen LogP contribution in [0.2, 0.25) is 0 Å². The van der Waals surface area contributed by atoms with Gasteiger partial charge in [0.25, 0.3) is 0 Å². The van der Waals surface area contributed by atoms with E-state index in [2.05, 4.69) is 48.9 Å². The molecule has 1 aromatic carbocycles. The molecule has 3 rings (SSSR count). The van der Waals surface area contributed by atoms with E-state index in [9.17, 15) is 0 Å². The number of nitrogens with one attached hydrogen (secondary N) is 1. The molecule has 0 amide bonds. The first-order valence-electron chi connectivity index (χ1n) is 7.36. The molecule has 0 spiro atoms. The number of hydrogen-bond acceptors (Lipinski definition) is 2. The summed E-state index contributed by atoms with van der Waals surface area (Å²) >= 11 is 0. The summed E-state index contributed by atoms with van der Waals surface area (Å²) in [6.45, 7) is 8.80. The van der Waals surface area contributed by atoms with Crippen LogP contribution in [-0.2, 0) is 12.1 Å². The number of hydrogen-bond donors (Lipinski definition) is 1. The molecule has 1 saturated heterocycles. The highest BCUT2D eigenvalue weighted by molar-refractivity contribution is 5.77. The monoisotopic (exact) mass is 257 g/mol. The van der Waals surface area contributed by atoms with Crippen molar-refractivity contribution in [1.29, 1.82) is 0 Å². The average Bonchev–Trinajstić information content (AvgIpc) is 2.95. The molecule has 0 bridgehead atoms. The Labute approximate surface area is 115 Å². The molecule has 1 N–H and O–H groups in total. The normalized spacial score (nSPS) is 23.3. The molecule has 1 aliphatic heterocycles. The molecule has 2 heterocycles. The van der Waals surface area contributed by atoms with Crippen LogP contribution in [0.5, 0.6) is 0 Å². The molecule has 1 aliphatic rings. The van der Waals surface area contributed by atoms with E-state index in [0.717, 1.165) is 25.0 Å². The van der Waals surface area contributed by atoms with E-state index in [1.54, 1.807) is 0 Å². The van der Waals surface area contributed by atoms with Crippen molar-refractivity contribution >= 4 is 11.0 Å². The van der Waals surface area contributed by atoms with Crippen molar-refractivity contribution in [3.63, 3.8) is 0 Å². The van der Waals surface area contributed by atoms with Crippen molar-refractivity contribution in [3.8, 4) is 0 Å². The Kier molecular flexibility index (Phi) is 3.09. The fourth-order valence-electron chi connectivity index (χ4n) is 3.20. The minimum Gasteiger partial charge on any atom is -0.326 e. The predicted octanol–water partition coefficient (Wildman–Crippen LogP) is 3.35. The predicted molar refractivity (Wildman–Crippen MR) is 79.3 cm³/mol. The van der Waals surface area contributed by atoms with Crippen LogP contribution in [0.4, 0.5) is 0 Å². The Morgan fingerprint density at radius 3 is 2.95 bits per heavy atom. The van der Waals surface area contributed by atoms with E-state index < -0.39 is 0 Å². The van der Waals surface area contributed by atoms with Crippen molar-refractivity contribution in [3.05, 3.63) is 29.6 Å². The van der Waals surface area contributed by atoms with Gasteiger partial charge in [-0.15, -0.1) is 0 Å². The second kappa shape index (κ2) is 4.64. The van der Waals surface area contributed by atoms with Gasteiger partial charge in [0.2, 0.25) is 0 Å². The molecule has 0 aliphatic carbocycles. The van der Waals surface area contributed by atoms with Crippen molar-refractivity contribution in [2.24, 2.45) is 0 Å². The maximum absolute atomic E-state index is 4.95. The number of aryl methyl sites for hydroxylation is 2. The smallest absolute Gasteiger partial charge is 0.129 e. The molecule has 3 heteroatoms. The van der Waals surface area contributed by atoms with Crippen LogP contribution < -0.4 is 5.32 Å². The molecule has 1 atom stereocenters. The highest BCUT2D eigenvalue weighted by atomic mass is 15.2. The minimum atomic E-state index is 0.0437. The summed E-state index contributed by atoms with van der Waals surface area (Å²) in [7, 11) is 0. The number of benzene rings is 1. The van der Waals surface area contributed by atoms with Gasteiger partial charge < -0.3 is 9.88 Å². The summed E-state index contributed by atoms with van der Waals surface area (Å²) < 4.78 is 2.41. The lowest BCUT2D eigenvalue weighted by Gasteiger charge is -2.25. The van der Waals surface area contributed by atoms with Crippen LogP contribution in [0.1, 0.15) is 44.5 Å². The maximum atomic E-state index is 4.95. The van der Waals surface area contributed by atoms with E-state index >= 15 is 0 Å². The van der Waals surface area contributed by atoms with Crippen molar-refractivity contribution in [1.82, 2.24) is 14.9 Å². The third-order valence-electron chi connectivity index (χ3n) is 4.21. The molecule has 19 heavy (non-hydrogen) atoms. The third kappa shape index (κ3) is 2.06. The second-order valence-corrected chi connectivity index (χ2v) is 5.94. The zero-order valence-electron chi connectivity index (χ0n) is 12.2. The average molecular weight is 257 g/mol. The molecule has 1 fully saturated rings. The lowest BCUT2D eigenvalue weighted by Crippen LogP contribution is -2.36. The van der Waals surface area contributed by atoms with Gasteiger partial charge in [-0.05, 0) is 57.4 Å². The fourth-order valence-corrected chi connectivity index (χ4v) is 3.20. The van der Waals surface area contributed by atoms with Crippen molar-refractivity contribution in [2.45, 2.75) is 52.1 Å². The highest BCUT2D eigenvalue weighted by Gasteiger charge is 2.34. The molecule has 102 valence electrons. The minimum absolute atomic E-state index is 0.0437. The lowest BCUT2D eigenvalue weighted by atomic mass is 9.99. The van der Waals surface area contributed by atoms with Crippen molar-refractivity contribution in [2.75, 3.05) is 6.54 Å². The zero-order chi connectivity index (χ0) is 13.5. The summed E-state index contributed by atoms with van der Waals surface area (Å²) in [5.74, 6) is 1.22. The van der Waals surface area contributed by atoms with Gasteiger partial charge in [0.1, 0.15) is 5.82 Å². The van der Waals surface area contributed by atoms with Gasteiger partial charge in [-0.2, -0.15) is 0 Å². The van der Waals surface area contributed by atoms with Gasteiger partial charge in [0.05, 0.1) is 16.6 Å².